The molecule has 0 atom stereocenters. The highest BCUT2D eigenvalue weighted by Crippen LogP contribution is 2.30. The molecule has 3 rings (SSSR count). The van der Waals surface area contributed by atoms with Crippen LogP contribution < -0.4 is 5.56 Å². The van der Waals surface area contributed by atoms with E-state index in [0.717, 1.165) is 36.6 Å². The maximum absolute atomic E-state index is 12.2. The average molecular weight is 247 g/mol. The number of nitrogens with one attached hydrogen (secondary N) is 1. The normalized spacial score (nSPS) is 21.8. The van der Waals surface area contributed by atoms with Gasteiger partial charge in [0.1, 0.15) is 5.82 Å². The van der Waals surface area contributed by atoms with Crippen LogP contribution in [0.3, 0.4) is 0 Å². The fourth-order valence-corrected chi connectivity index (χ4v) is 3.15. The van der Waals surface area contributed by atoms with E-state index < -0.39 is 0 Å². The summed E-state index contributed by atoms with van der Waals surface area (Å²) in [6.07, 6.45) is 7.15. The summed E-state index contributed by atoms with van der Waals surface area (Å²) in [4.78, 5) is 22.1. The molecule has 0 saturated heterocycles. The van der Waals surface area contributed by atoms with Gasteiger partial charge in [-0.05, 0) is 19.9 Å². The molecule has 1 aromatic rings. The van der Waals surface area contributed by atoms with E-state index in [1.807, 2.05) is 0 Å². The van der Waals surface area contributed by atoms with E-state index in [-0.39, 0.29) is 5.56 Å². The Bertz CT molecular complexity index is 488. The van der Waals surface area contributed by atoms with Crippen LogP contribution in [-0.2, 0) is 13.0 Å². The first-order valence-electron chi connectivity index (χ1n) is 7.04. The molecule has 2 aliphatic rings. The summed E-state index contributed by atoms with van der Waals surface area (Å²) in [7, 11) is 2.05. The van der Waals surface area contributed by atoms with E-state index in [4.69, 9.17) is 4.98 Å². The lowest BCUT2D eigenvalue weighted by molar-refractivity contribution is 0.306. The average Bonchev–Trinajstić information content (AvgIpc) is 2.40. The first kappa shape index (κ1) is 11.9. The summed E-state index contributed by atoms with van der Waals surface area (Å²) in [5.74, 6) is 1.43. The number of fused-ring (bicyclic) bond motifs is 1. The summed E-state index contributed by atoms with van der Waals surface area (Å²) in [6.45, 7) is 1.75. The van der Waals surface area contributed by atoms with Crippen molar-refractivity contribution in [1.82, 2.24) is 14.9 Å². The Hall–Kier alpha value is -1.16. The molecule has 4 heteroatoms. The fraction of sp³-hybridized carbons (Fsp3) is 0.714. The van der Waals surface area contributed by atoms with Crippen LogP contribution in [0, 0.1) is 0 Å². The van der Waals surface area contributed by atoms with Gasteiger partial charge in [0.15, 0.2) is 0 Å². The predicted octanol–water partition coefficient (Wildman–Crippen LogP) is 1.81. The van der Waals surface area contributed by atoms with Crippen LogP contribution in [0.1, 0.15) is 55.1 Å². The van der Waals surface area contributed by atoms with E-state index in [2.05, 4.69) is 16.9 Å². The van der Waals surface area contributed by atoms with E-state index in [1.165, 1.54) is 32.1 Å². The summed E-state index contributed by atoms with van der Waals surface area (Å²) in [6, 6.07) is 0. The maximum Gasteiger partial charge on any atom is 0.255 e. The topological polar surface area (TPSA) is 49.0 Å². The van der Waals surface area contributed by atoms with Gasteiger partial charge in [-0.15, -0.1) is 0 Å². The highest BCUT2D eigenvalue weighted by atomic mass is 16.1. The van der Waals surface area contributed by atoms with E-state index >= 15 is 0 Å². The van der Waals surface area contributed by atoms with Crippen molar-refractivity contribution in [3.63, 3.8) is 0 Å². The Kier molecular flexibility index (Phi) is 3.20. The zero-order chi connectivity index (χ0) is 12.5. The Morgan fingerprint density at radius 1 is 1.28 bits per heavy atom. The number of rotatable bonds is 1. The smallest absolute Gasteiger partial charge is 0.255 e. The number of likely N-dealkylation sites (N-methyl/N-ethyl adjacent to an activating group) is 1. The number of hydrogen-bond donors (Lipinski definition) is 1. The van der Waals surface area contributed by atoms with Crippen molar-refractivity contribution in [2.75, 3.05) is 13.6 Å². The lowest BCUT2D eigenvalue weighted by atomic mass is 9.88. The molecule has 0 bridgehead atoms. The van der Waals surface area contributed by atoms with Crippen LogP contribution in [0.2, 0.25) is 0 Å². The van der Waals surface area contributed by atoms with Gasteiger partial charge in [-0.25, -0.2) is 4.98 Å². The Morgan fingerprint density at radius 3 is 2.83 bits per heavy atom. The van der Waals surface area contributed by atoms with Gasteiger partial charge in [0.2, 0.25) is 0 Å². The van der Waals surface area contributed by atoms with E-state index in [1.54, 1.807) is 0 Å². The third-order valence-corrected chi connectivity index (χ3v) is 4.27. The van der Waals surface area contributed by atoms with E-state index in [0.29, 0.717) is 5.92 Å². The molecule has 0 aromatic carbocycles. The molecule has 1 N–H and O–H groups in total. The van der Waals surface area contributed by atoms with Crippen LogP contribution in [0.4, 0.5) is 0 Å². The van der Waals surface area contributed by atoms with Gasteiger partial charge in [-0.3, -0.25) is 4.79 Å². The molecular weight excluding hydrogens is 226 g/mol. The van der Waals surface area contributed by atoms with Gasteiger partial charge in [0.05, 0.1) is 11.3 Å². The summed E-state index contributed by atoms with van der Waals surface area (Å²) >= 11 is 0. The Labute approximate surface area is 107 Å². The van der Waals surface area contributed by atoms with Crippen LogP contribution in [0.15, 0.2) is 4.79 Å². The molecule has 1 saturated carbocycles. The van der Waals surface area contributed by atoms with Crippen molar-refractivity contribution in [2.24, 2.45) is 0 Å². The fourth-order valence-electron chi connectivity index (χ4n) is 3.15. The molecule has 4 nitrogen and oxygen atoms in total. The van der Waals surface area contributed by atoms with Gasteiger partial charge in [0, 0.05) is 25.4 Å². The first-order valence-corrected chi connectivity index (χ1v) is 7.04. The molecule has 0 spiro atoms. The van der Waals surface area contributed by atoms with Gasteiger partial charge in [0.25, 0.3) is 5.56 Å². The van der Waals surface area contributed by atoms with Crippen molar-refractivity contribution in [1.29, 1.82) is 0 Å². The Balaban J connectivity index is 1.93. The number of nitrogens with zero attached hydrogens (tertiary/aromatic N) is 2. The summed E-state index contributed by atoms with van der Waals surface area (Å²) in [5.41, 5.74) is 2.01. The minimum absolute atomic E-state index is 0.0899. The second-order valence-electron chi connectivity index (χ2n) is 5.70. The predicted molar refractivity (Wildman–Crippen MR) is 70.7 cm³/mol. The third-order valence-electron chi connectivity index (χ3n) is 4.27. The minimum atomic E-state index is 0.0899. The number of aromatic nitrogens is 2. The SMILES string of the molecule is CN1CCc2nc(C3CCCCC3)[nH]c(=O)c2C1. The molecule has 1 aliphatic heterocycles. The van der Waals surface area contributed by atoms with Crippen LogP contribution >= 0.6 is 0 Å². The summed E-state index contributed by atoms with van der Waals surface area (Å²) < 4.78 is 0. The standard InChI is InChI=1S/C14H21N3O/c1-17-8-7-12-11(9-17)14(18)16-13(15-12)10-5-3-2-4-6-10/h10H,2-9H2,1H3,(H,15,16,18). The molecule has 0 amide bonds. The molecule has 2 heterocycles. The zero-order valence-corrected chi connectivity index (χ0v) is 11.0. The number of H-pyrrole nitrogens is 1. The zero-order valence-electron chi connectivity index (χ0n) is 11.0. The minimum Gasteiger partial charge on any atom is -0.310 e. The molecular formula is C14H21N3O. The lowest BCUT2D eigenvalue weighted by Gasteiger charge is -2.26. The molecule has 18 heavy (non-hydrogen) atoms. The van der Waals surface area contributed by atoms with Crippen molar-refractivity contribution in [2.45, 2.75) is 51.0 Å². The lowest BCUT2D eigenvalue weighted by Crippen LogP contribution is -2.34. The van der Waals surface area contributed by atoms with Gasteiger partial charge >= 0.3 is 0 Å². The van der Waals surface area contributed by atoms with Crippen molar-refractivity contribution >= 4 is 0 Å². The van der Waals surface area contributed by atoms with Crippen molar-refractivity contribution in [3.05, 3.63) is 27.4 Å². The molecule has 98 valence electrons. The molecule has 1 aromatic heterocycles. The van der Waals surface area contributed by atoms with Crippen LogP contribution in [0.5, 0.6) is 0 Å². The van der Waals surface area contributed by atoms with Gasteiger partial charge in [-0.1, -0.05) is 19.3 Å². The second-order valence-corrected chi connectivity index (χ2v) is 5.70. The van der Waals surface area contributed by atoms with Gasteiger partial charge < -0.3 is 9.88 Å². The van der Waals surface area contributed by atoms with Crippen molar-refractivity contribution < 1.29 is 0 Å². The van der Waals surface area contributed by atoms with E-state index in [9.17, 15) is 4.79 Å². The monoisotopic (exact) mass is 247 g/mol. The Morgan fingerprint density at radius 2 is 2.06 bits per heavy atom. The summed E-state index contributed by atoms with van der Waals surface area (Å²) in [5, 5.41) is 0. The molecule has 0 radical (unpaired) electrons. The molecule has 1 fully saturated rings. The molecule has 0 unspecified atom stereocenters. The second kappa shape index (κ2) is 4.84. The number of aromatic amines is 1. The van der Waals surface area contributed by atoms with Crippen LogP contribution in [0.25, 0.3) is 0 Å². The highest BCUT2D eigenvalue weighted by molar-refractivity contribution is 5.21. The third kappa shape index (κ3) is 2.21. The number of hydrogen-bond acceptors (Lipinski definition) is 3. The maximum atomic E-state index is 12.2. The molecule has 1 aliphatic carbocycles. The largest absolute Gasteiger partial charge is 0.310 e. The first-order chi connectivity index (χ1) is 8.74. The van der Waals surface area contributed by atoms with Crippen LogP contribution in [-0.4, -0.2) is 28.5 Å². The van der Waals surface area contributed by atoms with Crippen molar-refractivity contribution in [3.8, 4) is 0 Å². The van der Waals surface area contributed by atoms with Gasteiger partial charge in [-0.2, -0.15) is 0 Å². The highest BCUT2D eigenvalue weighted by Gasteiger charge is 2.22. The quantitative estimate of drug-likeness (QED) is 0.823.